The third-order valence-electron chi connectivity index (χ3n) is 26.6. The highest BCUT2D eigenvalue weighted by Crippen LogP contribution is 2.47. The third-order valence-corrected chi connectivity index (χ3v) is 26.6. The van der Waals surface area contributed by atoms with Gasteiger partial charge in [-0.2, -0.15) is 0 Å². The fourth-order valence-corrected chi connectivity index (χ4v) is 17.1. The van der Waals surface area contributed by atoms with Crippen LogP contribution in [0.5, 0.6) is 0 Å². The molecular formula is C107H151N3O27. The van der Waals surface area contributed by atoms with Crippen LogP contribution in [-0.2, 0) is 80.9 Å². The number of aliphatic hydroxyl groups is 7. The van der Waals surface area contributed by atoms with Gasteiger partial charge in [0, 0.05) is 127 Å². The second kappa shape index (κ2) is 54.6. The normalized spacial score (nSPS) is 32.8. The summed E-state index contributed by atoms with van der Waals surface area (Å²) in [6.07, 6.45) is 40.4. The van der Waals surface area contributed by atoms with Crippen molar-refractivity contribution in [2.75, 3.05) is 35.5 Å². The topological polar surface area (TPSA) is 434 Å². The van der Waals surface area contributed by atoms with Gasteiger partial charge in [-0.15, -0.1) is 0 Å². The molecule has 9 rings (SSSR count). The number of epoxide rings is 3. The third kappa shape index (κ3) is 36.3. The van der Waals surface area contributed by atoms with E-state index in [1.54, 1.807) is 98.9 Å². The molecule has 0 spiro atoms. The molecule has 0 aromatic carbocycles. The summed E-state index contributed by atoms with van der Waals surface area (Å²) in [5.74, 6) is -3.70. The van der Waals surface area contributed by atoms with Gasteiger partial charge in [0.2, 0.25) is 0 Å². The van der Waals surface area contributed by atoms with Crippen LogP contribution in [0.4, 0.5) is 0 Å². The Morgan fingerprint density at radius 1 is 0.423 bits per heavy atom. The number of cyclic esters (lactones) is 3. The summed E-state index contributed by atoms with van der Waals surface area (Å²) < 4.78 is 77.5. The number of ether oxygens (including phenoxy) is 11. The second-order valence-electron chi connectivity index (χ2n) is 38.0. The molecule has 0 bridgehead atoms. The number of oxazole rings is 3. The number of carbonyl (C=O) groups is 6. The molecule has 137 heavy (non-hydrogen) atoms. The average molecular weight is 1910 g/mol. The summed E-state index contributed by atoms with van der Waals surface area (Å²) in [4.78, 5) is 88.1. The number of allylic oxidation sites excluding steroid dienone is 15. The lowest BCUT2D eigenvalue weighted by Gasteiger charge is -2.32. The van der Waals surface area contributed by atoms with Gasteiger partial charge in [0.05, 0.1) is 76.3 Å². The van der Waals surface area contributed by atoms with Crippen LogP contribution >= 0.6 is 0 Å². The van der Waals surface area contributed by atoms with Crippen LogP contribution in [0, 0.1) is 74.0 Å². The maximum absolute atomic E-state index is 13.1. The van der Waals surface area contributed by atoms with Crippen molar-refractivity contribution in [1.29, 1.82) is 0 Å². The molecule has 30 heteroatoms. The van der Waals surface area contributed by atoms with E-state index in [1.807, 2.05) is 186 Å². The number of aromatic nitrogens is 3. The number of fused-ring (bicyclic) bond motifs is 3. The van der Waals surface area contributed by atoms with Gasteiger partial charge < -0.3 is 101 Å². The van der Waals surface area contributed by atoms with Gasteiger partial charge in [-0.25, -0.2) is 29.3 Å². The van der Waals surface area contributed by atoms with E-state index in [9.17, 15) is 64.5 Å². The van der Waals surface area contributed by atoms with E-state index in [0.717, 1.165) is 44.9 Å². The zero-order valence-corrected chi connectivity index (χ0v) is 84.1. The van der Waals surface area contributed by atoms with E-state index in [4.69, 9.17) is 65.4 Å². The van der Waals surface area contributed by atoms with Crippen molar-refractivity contribution in [2.45, 2.75) is 310 Å². The number of aryl methyl sites for hydroxylation is 3. The van der Waals surface area contributed by atoms with Crippen molar-refractivity contribution in [1.82, 2.24) is 15.0 Å². The summed E-state index contributed by atoms with van der Waals surface area (Å²) in [5.41, 5.74) is 4.97. The summed E-state index contributed by atoms with van der Waals surface area (Å²) in [5, 5.41) is 77.6. The first-order valence-electron chi connectivity index (χ1n) is 47.3. The number of hydrogen-bond donors (Lipinski definition) is 7. The highest BCUT2D eigenvalue weighted by molar-refractivity contribution is 5.83. The predicted molar refractivity (Wildman–Crippen MR) is 518 cm³/mol. The zero-order chi connectivity index (χ0) is 101. The van der Waals surface area contributed by atoms with E-state index in [0.29, 0.717) is 61.8 Å². The molecule has 6 aliphatic heterocycles. The summed E-state index contributed by atoms with van der Waals surface area (Å²) in [6, 6.07) is 0. The van der Waals surface area contributed by atoms with Gasteiger partial charge >= 0.3 is 35.8 Å². The van der Waals surface area contributed by atoms with Crippen LogP contribution in [0.15, 0.2) is 193 Å². The molecule has 0 aliphatic carbocycles. The maximum atomic E-state index is 13.1. The number of esters is 6. The van der Waals surface area contributed by atoms with Crippen LogP contribution in [0.25, 0.3) is 18.2 Å². The highest BCUT2D eigenvalue weighted by atomic mass is 16.6. The monoisotopic (exact) mass is 1910 g/mol. The molecule has 756 valence electrons. The van der Waals surface area contributed by atoms with Gasteiger partial charge in [0.25, 0.3) is 0 Å². The SMILES string of the molecule is COC(=O)C[C@@H]1C/C=C/C(=O)OC([C@H](C)[C@@H](O)/C(C)=C/C=C/C(C)=C/c2coc(C)n2)C[C@H](O)[C@]2(C)O[C@@H]2/C=C/[C@@H](C)[C@H](O)C1.COC(=O)C[C@@H]1C/C=C/C(=O)OC([C@H](C)[C@@H](OC)/C(C)=C/C=C/C(C)=C/c2coc(C)n2)C[C@H](O)[C@]2(C)O[C@@H]2/C=C/[C@@H](C)[C@H](O)C1.COC(=O)C[C@@H]1C/C=C/C(=O)OC([C@H](C)[C@@H](OC)/C(C)=C/C=C/C(C)=C\c2coc(C)n2)C[C@H](O)[C@]2(C)O[C@@H]2/C=C/[C@@H](C)[C@H](O)C1. The molecule has 30 nitrogen and oxygen atoms in total. The van der Waals surface area contributed by atoms with Crippen molar-refractivity contribution in [3.8, 4) is 0 Å². The van der Waals surface area contributed by atoms with Crippen molar-refractivity contribution in [3.63, 3.8) is 0 Å². The first-order chi connectivity index (χ1) is 64.8. The zero-order valence-electron chi connectivity index (χ0n) is 84.1. The van der Waals surface area contributed by atoms with E-state index < -0.39 is 120 Å². The molecule has 9 heterocycles. The Balaban J connectivity index is 0.000000280. The lowest BCUT2D eigenvalue weighted by atomic mass is 9.85. The molecule has 3 aromatic heterocycles. The fraction of sp³-hybridized carbons (Fsp3) is 0.579. The number of methoxy groups -OCH3 is 5. The number of nitrogens with zero attached hydrogens (tertiary/aromatic N) is 3. The quantitative estimate of drug-likeness (QED) is 0.0129. The van der Waals surface area contributed by atoms with Gasteiger partial charge in [-0.3, -0.25) is 14.4 Å². The van der Waals surface area contributed by atoms with Crippen LogP contribution in [0.1, 0.15) is 216 Å². The fourth-order valence-electron chi connectivity index (χ4n) is 17.1. The van der Waals surface area contributed by atoms with Gasteiger partial charge in [0.15, 0.2) is 17.7 Å². The minimum absolute atomic E-state index is 0.0455. The molecule has 3 saturated heterocycles. The molecule has 3 aromatic rings. The largest absolute Gasteiger partial charge is 0.469 e. The summed E-state index contributed by atoms with van der Waals surface area (Å²) in [6.45, 7) is 33.7. The van der Waals surface area contributed by atoms with Crippen LogP contribution < -0.4 is 0 Å². The Morgan fingerprint density at radius 3 is 0.949 bits per heavy atom. The number of rotatable bonds is 26. The summed E-state index contributed by atoms with van der Waals surface area (Å²) >= 11 is 0. The van der Waals surface area contributed by atoms with Crippen molar-refractivity contribution in [2.24, 2.45) is 53.3 Å². The molecule has 0 saturated carbocycles. The van der Waals surface area contributed by atoms with E-state index in [-0.39, 0.29) is 116 Å². The standard InChI is InChI=1S/2C36H51NO9.C35H49NO9/c2*1-22(17-28-21-44-26(5)37-28)11-9-12-24(3)35(43-8)25(4)30-20-31(39)36(6)32(46-36)16-15-23(2)29(38)18-27(19-34(41)42-7)13-10-14-33(40)45-30;1-21(16-27-20-43-25(5)36-27)10-8-11-23(3)34(41)24(4)29-19-30(38)35(6)31(45-35)15-14-22(2)28(37)17-26(18-33(40)42-7)12-9-13-32(39)44-29/h2*9-12,14-17,21,23,25,27,29-32,35,38-39H,13,18-20H2,1-8H3;8-11,13-16,20,22,24,26,28-31,34,37-38,41H,12,17-19H2,1-7H3/b11-9+,14-10+,16-15+,22-17+,24-12+;11-9+,14-10+,16-15+,22-17-,24-12+;10-8+,13-9+,15-14+,21-16+,23-11+/t2*23-,25+,27-,29-,30?,31+,32-,35+,36+;22-,24+,26-,28-,29?,30+,31-,34+,35+/m111/s1. The minimum Gasteiger partial charge on any atom is -0.469 e. The predicted octanol–water partition coefficient (Wildman–Crippen LogP) is 15.7. The van der Waals surface area contributed by atoms with Gasteiger partial charge in [-0.05, 0) is 170 Å². The molecule has 3 unspecified atom stereocenters. The highest BCUT2D eigenvalue weighted by Gasteiger charge is 2.59. The van der Waals surface area contributed by atoms with Crippen LogP contribution in [-0.4, -0.2) is 230 Å². The van der Waals surface area contributed by atoms with Crippen molar-refractivity contribution >= 4 is 54.0 Å². The van der Waals surface area contributed by atoms with Gasteiger partial charge in [0.1, 0.15) is 89.3 Å². The lowest BCUT2D eigenvalue weighted by molar-refractivity contribution is -0.151. The molecule has 7 N–H and O–H groups in total. The van der Waals surface area contributed by atoms with E-state index in [1.165, 1.54) is 39.6 Å². The lowest BCUT2D eigenvalue weighted by Crippen LogP contribution is -2.41. The Hall–Kier alpha value is -9.93. The minimum atomic E-state index is -0.988. The average Bonchev–Trinajstić information content (AvgIpc) is 1.61. The number of aliphatic hydroxyl groups excluding tert-OH is 7. The molecular weight excluding hydrogens is 1760 g/mol. The Kier molecular flexibility index (Phi) is 45.4. The molecule has 0 radical (unpaired) electrons. The first-order valence-corrected chi connectivity index (χ1v) is 47.3. The smallest absolute Gasteiger partial charge is 0.330 e. The van der Waals surface area contributed by atoms with Crippen LogP contribution in [0.3, 0.4) is 0 Å². The van der Waals surface area contributed by atoms with E-state index >= 15 is 0 Å². The molecule has 6 aliphatic rings. The van der Waals surface area contributed by atoms with Gasteiger partial charge in [-0.1, -0.05) is 151 Å². The van der Waals surface area contributed by atoms with Crippen molar-refractivity contribution in [3.05, 3.63) is 215 Å². The van der Waals surface area contributed by atoms with E-state index in [2.05, 4.69) is 15.0 Å². The van der Waals surface area contributed by atoms with Crippen molar-refractivity contribution < 1.29 is 130 Å². The first kappa shape index (κ1) is 114. The summed E-state index contributed by atoms with van der Waals surface area (Å²) in [7, 11) is 7.19. The Morgan fingerprint density at radius 2 is 0.693 bits per heavy atom. The Bertz CT molecular complexity index is 4700. The number of hydrogen-bond acceptors (Lipinski definition) is 30. The molecule has 3 fully saturated rings. The second-order valence-corrected chi connectivity index (χ2v) is 38.0. The number of carbonyl (C=O) groups excluding carboxylic acids is 6. The van der Waals surface area contributed by atoms with Crippen LogP contribution in [0.2, 0.25) is 0 Å². The maximum Gasteiger partial charge on any atom is 0.330 e. The molecule has 27 atom stereocenters. The Labute approximate surface area is 808 Å². The molecule has 0 amide bonds.